The summed E-state index contributed by atoms with van der Waals surface area (Å²) in [6.45, 7) is 5.30. The minimum absolute atomic E-state index is 0.252. The van der Waals surface area contributed by atoms with Gasteiger partial charge in [0.1, 0.15) is 18.1 Å². The molecule has 1 aromatic carbocycles. The van der Waals surface area contributed by atoms with Crippen LogP contribution in [0, 0.1) is 11.8 Å². The Labute approximate surface area is 129 Å². The average molecular weight is 324 g/mol. The fourth-order valence-corrected chi connectivity index (χ4v) is 4.82. The van der Waals surface area contributed by atoms with Crippen molar-refractivity contribution >= 4 is 21.1 Å². The first-order valence-electron chi connectivity index (χ1n) is 7.32. The predicted octanol–water partition coefficient (Wildman–Crippen LogP) is 1.16. The molecule has 0 spiro atoms. The van der Waals surface area contributed by atoms with Gasteiger partial charge in [-0.05, 0) is 41.7 Å². The topological polar surface area (TPSA) is 77.3 Å². The maximum Gasteiger partial charge on any atom is 0.243 e. The first-order chi connectivity index (χ1) is 10.4. The zero-order valence-corrected chi connectivity index (χ0v) is 13.7. The van der Waals surface area contributed by atoms with Gasteiger partial charge in [0.25, 0.3) is 0 Å². The summed E-state index contributed by atoms with van der Waals surface area (Å²) < 4.78 is 27.3. The van der Waals surface area contributed by atoms with Gasteiger partial charge in [-0.25, -0.2) is 8.42 Å². The van der Waals surface area contributed by atoms with Crippen molar-refractivity contribution in [1.29, 1.82) is 0 Å². The van der Waals surface area contributed by atoms with Gasteiger partial charge in [-0.15, -0.1) is 5.10 Å². The van der Waals surface area contributed by atoms with Crippen molar-refractivity contribution in [2.45, 2.75) is 25.2 Å². The van der Waals surface area contributed by atoms with Crippen molar-refractivity contribution in [3.8, 4) is 0 Å². The Morgan fingerprint density at radius 1 is 1.23 bits per heavy atom. The first kappa shape index (κ1) is 15.2. The molecule has 0 aliphatic carbocycles. The molecule has 0 N–H and O–H groups in total. The average Bonchev–Trinajstić information content (AvgIpc) is 2.88. The highest BCUT2D eigenvalue weighted by atomic mass is 32.2. The summed E-state index contributed by atoms with van der Waals surface area (Å²) in [7, 11) is -2.05. The molecule has 2 atom stereocenters. The summed E-state index contributed by atoms with van der Waals surface area (Å²) in [5.41, 5.74) is 1.14. The van der Waals surface area contributed by atoms with E-state index in [1.807, 2.05) is 0 Å². The molecular formula is C14H20N4O3S. The summed E-state index contributed by atoms with van der Waals surface area (Å²) in [4.78, 5) is 6.52. The van der Waals surface area contributed by atoms with Gasteiger partial charge in [0, 0.05) is 13.1 Å². The Bertz CT molecular complexity index is 776. The molecule has 120 valence electrons. The number of nitrogens with zero attached hydrogens (tertiary/aromatic N) is 4. The van der Waals surface area contributed by atoms with E-state index in [9.17, 15) is 8.42 Å². The highest BCUT2D eigenvalue weighted by Crippen LogP contribution is 2.27. The lowest BCUT2D eigenvalue weighted by Gasteiger charge is -2.34. The van der Waals surface area contributed by atoms with Crippen molar-refractivity contribution < 1.29 is 13.3 Å². The van der Waals surface area contributed by atoms with Gasteiger partial charge >= 0.3 is 0 Å². The quantitative estimate of drug-likeness (QED) is 0.846. The molecule has 8 heteroatoms. The lowest BCUT2D eigenvalue weighted by molar-refractivity contribution is 0.139. The normalized spacial score (nSPS) is 23.8. The van der Waals surface area contributed by atoms with Crippen LogP contribution in [0.5, 0.6) is 0 Å². The van der Waals surface area contributed by atoms with E-state index in [2.05, 4.69) is 24.2 Å². The molecule has 0 bridgehead atoms. The second-order valence-corrected chi connectivity index (χ2v) is 8.00. The van der Waals surface area contributed by atoms with E-state index in [0.29, 0.717) is 36.0 Å². The monoisotopic (exact) mass is 324 g/mol. The van der Waals surface area contributed by atoms with Crippen molar-refractivity contribution in [2.75, 3.05) is 20.2 Å². The number of hydrogen-bond donors (Lipinski definition) is 0. The second kappa shape index (κ2) is 5.51. The molecule has 0 unspecified atom stereocenters. The summed E-state index contributed by atoms with van der Waals surface area (Å²) >= 11 is 0. The third kappa shape index (κ3) is 2.56. The first-order valence-corrected chi connectivity index (χ1v) is 8.76. The van der Waals surface area contributed by atoms with Crippen LogP contribution >= 0.6 is 0 Å². The zero-order valence-electron chi connectivity index (χ0n) is 12.9. The Kier molecular flexibility index (Phi) is 3.82. The lowest BCUT2D eigenvalue weighted by Crippen LogP contribution is -2.42. The number of hydrogen-bond acceptors (Lipinski definition) is 5. The Morgan fingerprint density at radius 3 is 2.55 bits per heavy atom. The van der Waals surface area contributed by atoms with Gasteiger partial charge in [-0.3, -0.25) is 0 Å². The molecule has 1 aliphatic rings. The smallest absolute Gasteiger partial charge is 0.243 e. The molecule has 1 aromatic heterocycles. The van der Waals surface area contributed by atoms with E-state index in [0.717, 1.165) is 6.42 Å². The molecule has 0 saturated carbocycles. The summed E-state index contributed by atoms with van der Waals surface area (Å²) in [5, 5.41) is 7.74. The molecule has 2 aromatic rings. The van der Waals surface area contributed by atoms with E-state index in [1.165, 1.54) is 12.0 Å². The van der Waals surface area contributed by atoms with E-state index in [4.69, 9.17) is 4.84 Å². The van der Waals surface area contributed by atoms with E-state index in [1.54, 1.807) is 22.5 Å². The van der Waals surface area contributed by atoms with Crippen molar-refractivity contribution in [1.82, 2.24) is 19.5 Å². The Morgan fingerprint density at radius 2 is 1.91 bits per heavy atom. The molecule has 22 heavy (non-hydrogen) atoms. The number of benzene rings is 1. The van der Waals surface area contributed by atoms with Crippen LogP contribution in [-0.4, -0.2) is 48.1 Å². The molecule has 7 nitrogen and oxygen atoms in total. The molecule has 0 amide bonds. The van der Waals surface area contributed by atoms with Gasteiger partial charge in [-0.2, -0.15) is 4.31 Å². The minimum Gasteiger partial charge on any atom is -0.398 e. The van der Waals surface area contributed by atoms with Crippen LogP contribution in [0.4, 0.5) is 0 Å². The van der Waals surface area contributed by atoms with Gasteiger partial charge < -0.3 is 4.84 Å². The Balaban J connectivity index is 2.01. The minimum atomic E-state index is -3.51. The van der Waals surface area contributed by atoms with Crippen LogP contribution in [0.2, 0.25) is 0 Å². The summed E-state index contributed by atoms with van der Waals surface area (Å²) in [6.07, 6.45) is 1.06. The fourth-order valence-electron chi connectivity index (χ4n) is 3.12. The van der Waals surface area contributed by atoms with Crippen LogP contribution in [0.25, 0.3) is 11.0 Å². The van der Waals surface area contributed by atoms with Crippen LogP contribution in [-0.2, 0) is 10.0 Å². The summed E-state index contributed by atoms with van der Waals surface area (Å²) in [6, 6.07) is 4.80. The Hall–Kier alpha value is -1.67. The predicted molar refractivity (Wildman–Crippen MR) is 81.7 cm³/mol. The largest absolute Gasteiger partial charge is 0.398 e. The van der Waals surface area contributed by atoms with Gasteiger partial charge in [-0.1, -0.05) is 18.7 Å². The molecular weight excluding hydrogens is 304 g/mol. The number of fused-ring (bicyclic) bond motifs is 1. The third-order valence-electron chi connectivity index (χ3n) is 4.03. The summed E-state index contributed by atoms with van der Waals surface area (Å²) in [5.74, 6) is 0.738. The molecule has 1 saturated heterocycles. The van der Waals surface area contributed by atoms with E-state index in [-0.39, 0.29) is 4.90 Å². The van der Waals surface area contributed by atoms with Gasteiger partial charge in [0.05, 0.1) is 4.90 Å². The molecule has 0 radical (unpaired) electrons. The zero-order chi connectivity index (χ0) is 15.9. The molecule has 2 heterocycles. The van der Waals surface area contributed by atoms with Gasteiger partial charge in [0.2, 0.25) is 10.0 Å². The van der Waals surface area contributed by atoms with Crippen molar-refractivity contribution in [3.05, 3.63) is 18.2 Å². The third-order valence-corrected chi connectivity index (χ3v) is 5.86. The van der Waals surface area contributed by atoms with E-state index >= 15 is 0 Å². The standard InChI is InChI=1S/C14H20N4O3S/c1-10-6-11(2)9-17(8-10)22(19,20)12-4-5-13-14(7-12)18(21-3)16-15-13/h4-5,7,10-11H,6,8-9H2,1-3H3/t10-,11-/m1/s1. The van der Waals surface area contributed by atoms with Crippen LogP contribution in [0.1, 0.15) is 20.3 Å². The second-order valence-electron chi connectivity index (χ2n) is 6.06. The van der Waals surface area contributed by atoms with Crippen LogP contribution in [0.3, 0.4) is 0 Å². The van der Waals surface area contributed by atoms with Gasteiger partial charge in [0.15, 0.2) is 0 Å². The maximum atomic E-state index is 12.9. The molecule has 3 rings (SSSR count). The maximum absolute atomic E-state index is 12.9. The van der Waals surface area contributed by atoms with Crippen molar-refractivity contribution in [2.24, 2.45) is 11.8 Å². The highest BCUT2D eigenvalue weighted by molar-refractivity contribution is 7.89. The van der Waals surface area contributed by atoms with Crippen molar-refractivity contribution in [3.63, 3.8) is 0 Å². The fraction of sp³-hybridized carbons (Fsp3) is 0.571. The number of piperidine rings is 1. The molecule has 1 aliphatic heterocycles. The molecule has 1 fully saturated rings. The number of sulfonamides is 1. The number of aromatic nitrogens is 3. The lowest BCUT2D eigenvalue weighted by atomic mass is 9.94. The number of rotatable bonds is 3. The van der Waals surface area contributed by atoms with E-state index < -0.39 is 10.0 Å². The highest BCUT2D eigenvalue weighted by Gasteiger charge is 2.32. The van der Waals surface area contributed by atoms with Crippen LogP contribution < -0.4 is 4.84 Å². The SMILES string of the molecule is COn1nnc2ccc(S(=O)(=O)N3C[C@H](C)C[C@@H](C)C3)cc21. The van der Waals surface area contributed by atoms with Crippen LogP contribution in [0.15, 0.2) is 23.1 Å².